The Bertz CT molecular complexity index is 4160. The molecule has 68 heavy (non-hydrogen) atoms. The van der Waals surface area contributed by atoms with E-state index in [9.17, 15) is 0 Å². The summed E-state index contributed by atoms with van der Waals surface area (Å²) in [5.74, 6) is 0. The molecule has 0 bridgehead atoms. The Kier molecular flexibility index (Phi) is 7.71. The molecule has 11 aromatic carbocycles. The van der Waals surface area contributed by atoms with Gasteiger partial charge in [-0.15, -0.1) is 0 Å². The standard InChI is InChI=1S/C65H39NO2/c1-2-16-45-40(15-1)33-37-53-52-24-13-23-51(64(52)68-63(45)53)50-20-6-11-28-59(50)66(42-34-31-41(32-35-42)44-22-14-30-61-62(44)54-21-7-12-29-60(54)67-61)43-36-38-49-48-19-5-10-27-57(48)65(58(49)39-43)55-25-8-3-17-46(55)47-18-4-9-26-56(47)65/h1-39H. The highest BCUT2D eigenvalue weighted by atomic mass is 16.3. The molecule has 0 amide bonds. The first-order valence-corrected chi connectivity index (χ1v) is 23.4. The van der Waals surface area contributed by atoms with Gasteiger partial charge in [0.15, 0.2) is 0 Å². The zero-order chi connectivity index (χ0) is 44.5. The molecule has 0 N–H and O–H groups in total. The molecule has 1 spiro atoms. The summed E-state index contributed by atoms with van der Waals surface area (Å²) >= 11 is 0. The van der Waals surface area contributed by atoms with Gasteiger partial charge in [0.1, 0.15) is 22.3 Å². The number of rotatable bonds is 5. The van der Waals surface area contributed by atoms with Crippen LogP contribution in [-0.2, 0) is 5.41 Å². The number of furan rings is 2. The quantitative estimate of drug-likeness (QED) is 0.173. The molecular weight excluding hydrogens is 827 g/mol. The van der Waals surface area contributed by atoms with Gasteiger partial charge in [-0.1, -0.05) is 188 Å². The fourth-order valence-corrected chi connectivity index (χ4v) is 12.1. The molecule has 0 fully saturated rings. The predicted octanol–water partition coefficient (Wildman–Crippen LogP) is 17.8. The van der Waals surface area contributed by atoms with Crippen LogP contribution in [0.5, 0.6) is 0 Å². The molecule has 0 unspecified atom stereocenters. The Morgan fingerprint density at radius 2 is 0.853 bits per heavy atom. The van der Waals surface area contributed by atoms with E-state index in [1.165, 1.54) is 44.5 Å². The van der Waals surface area contributed by atoms with Gasteiger partial charge in [-0.2, -0.15) is 0 Å². The SMILES string of the molecule is c1ccc(N(c2ccc(-c3cccc4oc5ccccc5c34)cc2)c2ccc3c(c2)C2(c4ccccc4-c4ccccc42)c2ccccc2-3)c(-c2cccc3c2oc2c4ccccc4ccc32)c1. The van der Waals surface area contributed by atoms with E-state index < -0.39 is 5.41 Å². The van der Waals surface area contributed by atoms with Crippen LogP contribution in [0.1, 0.15) is 22.3 Å². The normalized spacial score (nSPS) is 13.1. The lowest BCUT2D eigenvalue weighted by Crippen LogP contribution is -2.26. The average Bonchev–Trinajstić information content (AvgIpc) is 4.15. The van der Waals surface area contributed by atoms with Gasteiger partial charge >= 0.3 is 0 Å². The number of hydrogen-bond acceptors (Lipinski definition) is 3. The number of nitrogens with zero attached hydrogens (tertiary/aromatic N) is 1. The molecule has 3 heteroatoms. The van der Waals surface area contributed by atoms with Gasteiger partial charge in [-0.25, -0.2) is 0 Å². The highest BCUT2D eigenvalue weighted by Crippen LogP contribution is 2.63. The van der Waals surface area contributed by atoms with Crippen LogP contribution in [0.4, 0.5) is 17.1 Å². The third-order valence-electron chi connectivity index (χ3n) is 14.9. The van der Waals surface area contributed by atoms with Crippen molar-refractivity contribution < 1.29 is 8.83 Å². The molecule has 2 aliphatic carbocycles. The summed E-state index contributed by atoms with van der Waals surface area (Å²) in [6, 6.07) is 86.3. The van der Waals surface area contributed by atoms with E-state index >= 15 is 0 Å². The first-order chi connectivity index (χ1) is 33.7. The van der Waals surface area contributed by atoms with Crippen molar-refractivity contribution in [3.05, 3.63) is 259 Å². The molecular formula is C65H39NO2. The first-order valence-electron chi connectivity index (χ1n) is 23.4. The lowest BCUT2D eigenvalue weighted by atomic mass is 9.70. The monoisotopic (exact) mass is 865 g/mol. The predicted molar refractivity (Wildman–Crippen MR) is 280 cm³/mol. The molecule has 0 atom stereocenters. The van der Waals surface area contributed by atoms with E-state index in [-0.39, 0.29) is 0 Å². The summed E-state index contributed by atoms with van der Waals surface area (Å²) in [5.41, 5.74) is 21.0. The molecule has 3 nitrogen and oxygen atoms in total. The van der Waals surface area contributed by atoms with E-state index in [0.717, 1.165) is 94.0 Å². The maximum absolute atomic E-state index is 7.02. The van der Waals surface area contributed by atoms with E-state index in [4.69, 9.17) is 8.83 Å². The van der Waals surface area contributed by atoms with Gasteiger partial charge in [-0.3, -0.25) is 0 Å². The second-order valence-corrected chi connectivity index (χ2v) is 18.2. The smallest absolute Gasteiger partial charge is 0.143 e. The first kappa shape index (κ1) is 37.3. The summed E-state index contributed by atoms with van der Waals surface area (Å²) in [6.07, 6.45) is 0. The van der Waals surface area contributed by atoms with E-state index in [2.05, 4.69) is 229 Å². The van der Waals surface area contributed by atoms with Crippen LogP contribution in [-0.4, -0.2) is 0 Å². The van der Waals surface area contributed by atoms with Crippen LogP contribution in [0.15, 0.2) is 245 Å². The third-order valence-corrected chi connectivity index (χ3v) is 14.9. The average molecular weight is 866 g/mol. The number of hydrogen-bond donors (Lipinski definition) is 0. The second kappa shape index (κ2) is 14.0. The fraction of sp³-hybridized carbons (Fsp3) is 0.0154. The molecule has 2 heterocycles. The zero-order valence-corrected chi connectivity index (χ0v) is 36.8. The molecule has 13 aromatic rings. The lowest BCUT2D eigenvalue weighted by Gasteiger charge is -2.32. The van der Waals surface area contributed by atoms with E-state index in [1.807, 2.05) is 12.1 Å². The number of fused-ring (bicyclic) bond motifs is 18. The zero-order valence-electron chi connectivity index (χ0n) is 36.8. The van der Waals surface area contributed by atoms with Crippen LogP contribution in [0.3, 0.4) is 0 Å². The van der Waals surface area contributed by atoms with Crippen molar-refractivity contribution in [2.75, 3.05) is 4.90 Å². The van der Waals surface area contributed by atoms with Gasteiger partial charge in [0.05, 0.1) is 11.1 Å². The van der Waals surface area contributed by atoms with Crippen molar-refractivity contribution in [2.24, 2.45) is 0 Å². The fourth-order valence-electron chi connectivity index (χ4n) is 12.1. The van der Waals surface area contributed by atoms with Gasteiger partial charge in [-0.05, 0) is 110 Å². The summed E-state index contributed by atoms with van der Waals surface area (Å²) < 4.78 is 13.4. The van der Waals surface area contributed by atoms with Gasteiger partial charge in [0.25, 0.3) is 0 Å². The highest BCUT2D eigenvalue weighted by Gasteiger charge is 2.51. The Hall–Kier alpha value is -8.92. The van der Waals surface area contributed by atoms with Crippen LogP contribution in [0.25, 0.3) is 99.2 Å². The van der Waals surface area contributed by atoms with Gasteiger partial charge < -0.3 is 13.7 Å². The minimum absolute atomic E-state index is 0.487. The number of anilines is 3. The second-order valence-electron chi connectivity index (χ2n) is 18.2. The van der Waals surface area contributed by atoms with Crippen LogP contribution >= 0.6 is 0 Å². The minimum Gasteiger partial charge on any atom is -0.456 e. The summed E-state index contributed by atoms with van der Waals surface area (Å²) in [7, 11) is 0. The maximum atomic E-state index is 7.02. The van der Waals surface area contributed by atoms with Crippen molar-refractivity contribution in [1.82, 2.24) is 0 Å². The largest absolute Gasteiger partial charge is 0.456 e. The van der Waals surface area contributed by atoms with Crippen molar-refractivity contribution in [3.63, 3.8) is 0 Å². The Labute approximate surface area is 392 Å². The molecule has 2 aromatic heterocycles. The Balaban J connectivity index is 0.977. The Morgan fingerprint density at radius 1 is 0.309 bits per heavy atom. The van der Waals surface area contributed by atoms with Crippen LogP contribution in [0, 0.1) is 0 Å². The minimum atomic E-state index is -0.487. The van der Waals surface area contributed by atoms with Gasteiger partial charge in [0, 0.05) is 49.4 Å². The summed E-state index contributed by atoms with van der Waals surface area (Å²) in [4.78, 5) is 2.45. The summed E-state index contributed by atoms with van der Waals surface area (Å²) in [5, 5.41) is 6.75. The Morgan fingerprint density at radius 3 is 1.62 bits per heavy atom. The van der Waals surface area contributed by atoms with Crippen molar-refractivity contribution in [1.29, 1.82) is 0 Å². The molecule has 0 radical (unpaired) electrons. The molecule has 316 valence electrons. The lowest BCUT2D eigenvalue weighted by molar-refractivity contribution is 0.669. The van der Waals surface area contributed by atoms with E-state index in [0.29, 0.717) is 0 Å². The number of para-hydroxylation sites is 3. The molecule has 15 rings (SSSR count). The maximum Gasteiger partial charge on any atom is 0.143 e. The van der Waals surface area contributed by atoms with Crippen LogP contribution in [0.2, 0.25) is 0 Å². The molecule has 0 saturated carbocycles. The number of benzene rings is 11. The molecule has 0 aliphatic heterocycles. The molecule has 0 saturated heterocycles. The topological polar surface area (TPSA) is 29.5 Å². The third kappa shape index (κ3) is 5.02. The molecule has 2 aliphatic rings. The van der Waals surface area contributed by atoms with Crippen LogP contribution < -0.4 is 4.90 Å². The highest BCUT2D eigenvalue weighted by molar-refractivity contribution is 6.18. The van der Waals surface area contributed by atoms with Crippen molar-refractivity contribution in [3.8, 4) is 44.5 Å². The van der Waals surface area contributed by atoms with Crippen molar-refractivity contribution >= 4 is 71.7 Å². The van der Waals surface area contributed by atoms with Crippen molar-refractivity contribution in [2.45, 2.75) is 5.41 Å². The summed E-state index contributed by atoms with van der Waals surface area (Å²) in [6.45, 7) is 0. The van der Waals surface area contributed by atoms with E-state index in [1.54, 1.807) is 0 Å². The van der Waals surface area contributed by atoms with Gasteiger partial charge in [0.2, 0.25) is 0 Å².